The van der Waals surface area contributed by atoms with Gasteiger partial charge in [-0.3, -0.25) is 25.2 Å². The summed E-state index contributed by atoms with van der Waals surface area (Å²) in [5.74, 6) is 0. The number of rotatable bonds is 2. The molecule has 7 nitrogen and oxygen atoms in total. The van der Waals surface area contributed by atoms with E-state index in [1.807, 2.05) is 19.9 Å². The molecule has 3 aromatic rings. The van der Waals surface area contributed by atoms with E-state index in [9.17, 15) is 20.2 Å². The van der Waals surface area contributed by atoms with Crippen LogP contribution in [0.1, 0.15) is 11.3 Å². The highest BCUT2D eigenvalue weighted by atomic mass is 16.6. The highest BCUT2D eigenvalue weighted by Gasteiger charge is 2.21. The first-order valence-electron chi connectivity index (χ1n) is 6.52. The first kappa shape index (κ1) is 13.9. The molecule has 0 fully saturated rings. The lowest BCUT2D eigenvalue weighted by Crippen LogP contribution is -1.96. The van der Waals surface area contributed by atoms with Crippen molar-refractivity contribution in [2.24, 2.45) is 0 Å². The number of hydrogen-bond donors (Lipinski definition) is 0. The molecule has 3 rings (SSSR count). The first-order valence-corrected chi connectivity index (χ1v) is 6.52. The molecule has 0 aliphatic carbocycles. The number of benzene rings is 2. The molecule has 22 heavy (non-hydrogen) atoms. The van der Waals surface area contributed by atoms with Gasteiger partial charge in [0, 0.05) is 22.5 Å². The van der Waals surface area contributed by atoms with Crippen LogP contribution >= 0.6 is 0 Å². The van der Waals surface area contributed by atoms with Crippen LogP contribution in [0.25, 0.3) is 21.7 Å². The van der Waals surface area contributed by atoms with Gasteiger partial charge in [0.15, 0.2) is 0 Å². The van der Waals surface area contributed by atoms with E-state index in [0.29, 0.717) is 16.3 Å². The van der Waals surface area contributed by atoms with E-state index in [2.05, 4.69) is 4.98 Å². The predicted octanol–water partition coefficient (Wildman–Crippen LogP) is 3.82. The molecule has 0 aliphatic rings. The van der Waals surface area contributed by atoms with Crippen molar-refractivity contribution in [2.75, 3.05) is 0 Å². The molecule has 0 atom stereocenters. The van der Waals surface area contributed by atoms with Gasteiger partial charge in [-0.05, 0) is 31.5 Å². The molecule has 0 saturated heterocycles. The number of hydrogen-bond acceptors (Lipinski definition) is 5. The number of aromatic nitrogens is 1. The zero-order valence-electron chi connectivity index (χ0n) is 11.9. The SMILES string of the molecule is Cc1cc(C)c2ccc3c([N+](=O)[O-])cc([N+](=O)[O-])cc3c2n1. The lowest BCUT2D eigenvalue weighted by molar-refractivity contribution is -0.393. The van der Waals surface area contributed by atoms with Gasteiger partial charge >= 0.3 is 0 Å². The molecule has 1 aromatic heterocycles. The van der Waals surface area contributed by atoms with Crippen LogP contribution in [-0.4, -0.2) is 14.8 Å². The molecule has 110 valence electrons. The molecule has 0 saturated carbocycles. The Bertz CT molecular complexity index is 966. The van der Waals surface area contributed by atoms with E-state index in [1.165, 1.54) is 6.07 Å². The standard InChI is InChI=1S/C15H11N3O4/c1-8-5-9(2)16-15-11(8)3-4-12-13(15)6-10(17(19)20)7-14(12)18(21)22/h3-7H,1-2H3. The van der Waals surface area contributed by atoms with Crippen molar-refractivity contribution < 1.29 is 9.85 Å². The van der Waals surface area contributed by atoms with E-state index >= 15 is 0 Å². The lowest BCUT2D eigenvalue weighted by atomic mass is 10.0. The van der Waals surface area contributed by atoms with Crippen LogP contribution in [0.3, 0.4) is 0 Å². The maximum atomic E-state index is 11.2. The normalized spacial score (nSPS) is 11.0. The topological polar surface area (TPSA) is 99.2 Å². The summed E-state index contributed by atoms with van der Waals surface area (Å²) >= 11 is 0. The Morgan fingerprint density at radius 3 is 2.23 bits per heavy atom. The number of nitro groups is 2. The zero-order valence-corrected chi connectivity index (χ0v) is 11.9. The molecule has 0 unspecified atom stereocenters. The van der Waals surface area contributed by atoms with Crippen molar-refractivity contribution >= 4 is 33.1 Å². The molecule has 0 bridgehead atoms. The van der Waals surface area contributed by atoms with E-state index < -0.39 is 9.85 Å². The smallest absolute Gasteiger partial charge is 0.258 e. The van der Waals surface area contributed by atoms with Gasteiger partial charge in [0.1, 0.15) is 0 Å². The summed E-state index contributed by atoms with van der Waals surface area (Å²) in [5, 5.41) is 23.9. The van der Waals surface area contributed by atoms with Gasteiger partial charge in [-0.2, -0.15) is 0 Å². The third-order valence-corrected chi connectivity index (χ3v) is 3.62. The number of fused-ring (bicyclic) bond motifs is 3. The highest BCUT2D eigenvalue weighted by Crippen LogP contribution is 2.35. The van der Waals surface area contributed by atoms with Gasteiger partial charge in [-0.25, -0.2) is 0 Å². The second-order valence-corrected chi connectivity index (χ2v) is 5.12. The van der Waals surface area contributed by atoms with Crippen molar-refractivity contribution in [3.8, 4) is 0 Å². The summed E-state index contributed by atoms with van der Waals surface area (Å²) < 4.78 is 0. The van der Waals surface area contributed by atoms with Crippen LogP contribution in [-0.2, 0) is 0 Å². The van der Waals surface area contributed by atoms with Gasteiger partial charge < -0.3 is 0 Å². The maximum absolute atomic E-state index is 11.2. The Morgan fingerprint density at radius 2 is 1.59 bits per heavy atom. The zero-order chi connectivity index (χ0) is 16.0. The van der Waals surface area contributed by atoms with Crippen molar-refractivity contribution in [3.63, 3.8) is 0 Å². The van der Waals surface area contributed by atoms with E-state index in [-0.39, 0.29) is 11.4 Å². The van der Waals surface area contributed by atoms with Gasteiger partial charge in [0.05, 0.1) is 26.8 Å². The van der Waals surface area contributed by atoms with E-state index in [0.717, 1.165) is 22.7 Å². The molecular weight excluding hydrogens is 286 g/mol. The fourth-order valence-corrected chi connectivity index (χ4v) is 2.68. The summed E-state index contributed by atoms with van der Waals surface area (Å²) in [7, 11) is 0. The Labute approximate surface area is 124 Å². The fourth-order valence-electron chi connectivity index (χ4n) is 2.68. The summed E-state index contributed by atoms with van der Waals surface area (Å²) in [6, 6.07) is 7.61. The van der Waals surface area contributed by atoms with Crippen LogP contribution in [0.15, 0.2) is 30.3 Å². The fraction of sp³-hybridized carbons (Fsp3) is 0.133. The number of aryl methyl sites for hydroxylation is 2. The average Bonchev–Trinajstić information content (AvgIpc) is 2.45. The van der Waals surface area contributed by atoms with Crippen LogP contribution in [0.4, 0.5) is 11.4 Å². The minimum Gasteiger partial charge on any atom is -0.258 e. The van der Waals surface area contributed by atoms with E-state index in [1.54, 1.807) is 12.1 Å². The molecule has 0 radical (unpaired) electrons. The van der Waals surface area contributed by atoms with Crippen molar-refractivity contribution in [1.29, 1.82) is 0 Å². The minimum absolute atomic E-state index is 0.285. The summed E-state index contributed by atoms with van der Waals surface area (Å²) in [5.41, 5.74) is 1.67. The van der Waals surface area contributed by atoms with Gasteiger partial charge in [-0.1, -0.05) is 6.07 Å². The number of nitrogens with zero attached hydrogens (tertiary/aromatic N) is 3. The molecule has 0 aliphatic heterocycles. The molecule has 7 heteroatoms. The van der Waals surface area contributed by atoms with Gasteiger partial charge in [0.25, 0.3) is 11.4 Å². The molecule has 0 amide bonds. The molecule has 0 spiro atoms. The van der Waals surface area contributed by atoms with Crippen LogP contribution in [0.5, 0.6) is 0 Å². The largest absolute Gasteiger partial charge is 0.284 e. The Morgan fingerprint density at radius 1 is 0.909 bits per heavy atom. The van der Waals surface area contributed by atoms with Gasteiger partial charge in [-0.15, -0.1) is 0 Å². The molecule has 1 heterocycles. The third kappa shape index (κ3) is 2.03. The maximum Gasteiger partial charge on any atom is 0.284 e. The molecule has 0 N–H and O–H groups in total. The number of non-ortho nitro benzene ring substituents is 2. The van der Waals surface area contributed by atoms with Crippen molar-refractivity contribution in [2.45, 2.75) is 13.8 Å². The monoisotopic (exact) mass is 297 g/mol. The quantitative estimate of drug-likeness (QED) is 0.406. The van der Waals surface area contributed by atoms with E-state index in [4.69, 9.17) is 0 Å². The second kappa shape index (κ2) is 4.73. The highest BCUT2D eigenvalue weighted by molar-refractivity contribution is 6.10. The Hall–Kier alpha value is -3.09. The average molecular weight is 297 g/mol. The van der Waals surface area contributed by atoms with Crippen molar-refractivity contribution in [3.05, 3.63) is 61.8 Å². The number of nitro benzene ring substituents is 2. The Kier molecular flexibility index (Phi) is 2.98. The first-order chi connectivity index (χ1) is 10.4. The van der Waals surface area contributed by atoms with Gasteiger partial charge in [0.2, 0.25) is 0 Å². The van der Waals surface area contributed by atoms with Crippen molar-refractivity contribution in [1.82, 2.24) is 4.98 Å². The van der Waals surface area contributed by atoms with Crippen LogP contribution in [0.2, 0.25) is 0 Å². The summed E-state index contributed by atoms with van der Waals surface area (Å²) in [4.78, 5) is 25.5. The lowest BCUT2D eigenvalue weighted by Gasteiger charge is -2.07. The third-order valence-electron chi connectivity index (χ3n) is 3.62. The number of pyridine rings is 1. The summed E-state index contributed by atoms with van der Waals surface area (Å²) in [6.45, 7) is 3.73. The molecule has 2 aromatic carbocycles. The Balaban J connectivity index is 2.57. The summed E-state index contributed by atoms with van der Waals surface area (Å²) in [6.07, 6.45) is 0. The predicted molar refractivity (Wildman–Crippen MR) is 82.0 cm³/mol. The van der Waals surface area contributed by atoms with Crippen LogP contribution in [0, 0.1) is 34.1 Å². The van der Waals surface area contributed by atoms with Crippen LogP contribution < -0.4 is 0 Å². The molecular formula is C15H11N3O4. The second-order valence-electron chi connectivity index (χ2n) is 5.12. The minimum atomic E-state index is -0.631.